The second-order valence-electron chi connectivity index (χ2n) is 4.65. The fourth-order valence-electron chi connectivity index (χ4n) is 1.76. The minimum Gasteiger partial charge on any atom is -0.481 e. The molecule has 0 radical (unpaired) electrons. The third-order valence-electron chi connectivity index (χ3n) is 2.96. The number of carbonyl (C=O) groups is 2. The number of aliphatic carboxylic acids is 2. The molecule has 0 fully saturated rings. The van der Waals surface area contributed by atoms with Gasteiger partial charge in [0.15, 0.2) is 0 Å². The lowest BCUT2D eigenvalue weighted by molar-refractivity contribution is -0.143. The Morgan fingerprint density at radius 3 is 2.33 bits per heavy atom. The maximum absolute atomic E-state index is 11.0. The molecule has 0 bridgehead atoms. The second kappa shape index (κ2) is 8.71. The van der Waals surface area contributed by atoms with Crippen LogP contribution in [0.3, 0.4) is 0 Å². The van der Waals surface area contributed by atoms with Crippen LogP contribution in [0, 0.1) is 5.92 Å². The number of carboxylic acid groups (broad SMARTS) is 2. The van der Waals surface area contributed by atoms with Crippen molar-refractivity contribution in [3.8, 4) is 0 Å². The fourth-order valence-corrected chi connectivity index (χ4v) is 1.76. The van der Waals surface area contributed by atoms with Crippen LogP contribution in [0.25, 0.3) is 6.08 Å². The monoisotopic (exact) mass is 289 g/mol. The normalized spacial score (nSPS) is 14.3. The molecule has 0 aliphatic carbocycles. The quantitative estimate of drug-likeness (QED) is 0.637. The van der Waals surface area contributed by atoms with Gasteiger partial charge in [0.25, 0.3) is 0 Å². The molecule has 0 unspecified atom stereocenters. The van der Waals surface area contributed by atoms with Crippen molar-refractivity contribution in [2.45, 2.75) is 18.9 Å². The van der Waals surface area contributed by atoms with Crippen molar-refractivity contribution in [3.63, 3.8) is 0 Å². The maximum Gasteiger partial charge on any atom is 0.320 e. The van der Waals surface area contributed by atoms with E-state index in [-0.39, 0.29) is 12.8 Å². The first-order valence-electron chi connectivity index (χ1n) is 6.60. The van der Waals surface area contributed by atoms with Gasteiger partial charge in [-0.2, -0.15) is 0 Å². The molecule has 0 aliphatic rings. The van der Waals surface area contributed by atoms with Gasteiger partial charge in [0.1, 0.15) is 6.04 Å². The maximum atomic E-state index is 11.0. The van der Waals surface area contributed by atoms with Crippen LogP contribution < -0.4 is 5.73 Å². The topological polar surface area (TPSA) is 101 Å². The average molecular weight is 289 g/mol. The van der Waals surface area contributed by atoms with Gasteiger partial charge in [-0.25, -0.2) is 0 Å². The van der Waals surface area contributed by atoms with E-state index in [1.807, 2.05) is 42.5 Å². The zero-order valence-corrected chi connectivity index (χ0v) is 11.6. The van der Waals surface area contributed by atoms with Gasteiger partial charge in [0, 0.05) is 0 Å². The molecule has 0 saturated heterocycles. The van der Waals surface area contributed by atoms with Crippen LogP contribution in [0.5, 0.6) is 0 Å². The van der Waals surface area contributed by atoms with E-state index >= 15 is 0 Å². The first kappa shape index (κ1) is 16.7. The van der Waals surface area contributed by atoms with E-state index in [4.69, 9.17) is 15.9 Å². The van der Waals surface area contributed by atoms with Gasteiger partial charge in [-0.3, -0.25) is 9.59 Å². The predicted octanol–water partition coefficient (Wildman–Crippen LogP) is 2.15. The summed E-state index contributed by atoms with van der Waals surface area (Å²) >= 11 is 0. The molecule has 2 atom stereocenters. The molecule has 0 aromatic heterocycles. The number of hydrogen-bond donors (Lipinski definition) is 3. The van der Waals surface area contributed by atoms with Crippen LogP contribution in [0.4, 0.5) is 0 Å². The van der Waals surface area contributed by atoms with Gasteiger partial charge in [0.05, 0.1) is 5.92 Å². The Labute approximate surface area is 123 Å². The molecule has 4 N–H and O–H groups in total. The summed E-state index contributed by atoms with van der Waals surface area (Å²) in [5.74, 6) is -3.02. The fraction of sp³-hybridized carbons (Fsp3) is 0.250. The number of nitrogens with two attached hydrogens (primary N) is 1. The minimum absolute atomic E-state index is 0.0859. The molecule has 1 aromatic rings. The standard InChI is InChI=1S/C16H19NO4/c17-14(16(20)21)11-13(15(18)19)10-6-2-5-9-12-7-3-1-4-8-12/h1-9,13-14H,10-11,17H2,(H,18,19)(H,20,21)/b6-2+,9-5+/t13-,14-/m1/s1. The molecule has 0 aliphatic heterocycles. The van der Waals surface area contributed by atoms with Crippen molar-refractivity contribution in [2.75, 3.05) is 0 Å². The Hall–Kier alpha value is -2.40. The number of rotatable bonds is 8. The van der Waals surface area contributed by atoms with E-state index < -0.39 is 23.9 Å². The molecular formula is C16H19NO4. The summed E-state index contributed by atoms with van der Waals surface area (Å²) in [6.07, 6.45) is 7.31. The highest BCUT2D eigenvalue weighted by Gasteiger charge is 2.23. The summed E-state index contributed by atoms with van der Waals surface area (Å²) < 4.78 is 0. The Kier molecular flexibility index (Phi) is 6.91. The van der Waals surface area contributed by atoms with Crippen LogP contribution in [-0.4, -0.2) is 28.2 Å². The Morgan fingerprint density at radius 2 is 1.76 bits per heavy atom. The highest BCUT2D eigenvalue weighted by Crippen LogP contribution is 2.12. The summed E-state index contributed by atoms with van der Waals surface area (Å²) in [6, 6.07) is 8.54. The van der Waals surface area contributed by atoms with E-state index in [1.54, 1.807) is 12.2 Å². The Balaban J connectivity index is 2.49. The zero-order valence-electron chi connectivity index (χ0n) is 11.6. The lowest BCUT2D eigenvalue weighted by atomic mass is 9.97. The van der Waals surface area contributed by atoms with E-state index in [2.05, 4.69) is 0 Å². The Bertz CT molecular complexity index is 522. The van der Waals surface area contributed by atoms with Gasteiger partial charge < -0.3 is 15.9 Å². The van der Waals surface area contributed by atoms with Gasteiger partial charge in [-0.05, 0) is 18.4 Å². The third-order valence-corrected chi connectivity index (χ3v) is 2.96. The predicted molar refractivity (Wildman–Crippen MR) is 80.6 cm³/mol. The van der Waals surface area contributed by atoms with Gasteiger partial charge >= 0.3 is 11.9 Å². The van der Waals surface area contributed by atoms with Crippen LogP contribution >= 0.6 is 0 Å². The SMILES string of the molecule is N[C@H](C[C@@H](C/C=C/C=C/c1ccccc1)C(=O)O)C(=O)O. The lowest BCUT2D eigenvalue weighted by Crippen LogP contribution is -2.34. The molecular weight excluding hydrogens is 270 g/mol. The smallest absolute Gasteiger partial charge is 0.320 e. The van der Waals surface area contributed by atoms with Crippen LogP contribution in [0.2, 0.25) is 0 Å². The summed E-state index contributed by atoms with van der Waals surface area (Å²) in [6.45, 7) is 0. The van der Waals surface area contributed by atoms with Crippen LogP contribution in [0.1, 0.15) is 18.4 Å². The molecule has 0 saturated carbocycles. The number of hydrogen-bond acceptors (Lipinski definition) is 3. The van der Waals surface area contributed by atoms with Gasteiger partial charge in [-0.1, -0.05) is 54.6 Å². The molecule has 21 heavy (non-hydrogen) atoms. The van der Waals surface area contributed by atoms with Crippen molar-refractivity contribution in [2.24, 2.45) is 11.7 Å². The van der Waals surface area contributed by atoms with E-state index in [9.17, 15) is 9.59 Å². The van der Waals surface area contributed by atoms with Crippen molar-refractivity contribution in [3.05, 3.63) is 54.1 Å². The van der Waals surface area contributed by atoms with E-state index in [0.29, 0.717) is 0 Å². The Morgan fingerprint density at radius 1 is 1.10 bits per heavy atom. The van der Waals surface area contributed by atoms with E-state index in [1.165, 1.54) is 0 Å². The number of benzene rings is 1. The molecule has 1 rings (SSSR count). The first-order valence-corrected chi connectivity index (χ1v) is 6.60. The summed E-state index contributed by atoms with van der Waals surface area (Å²) in [5, 5.41) is 17.7. The molecule has 0 heterocycles. The van der Waals surface area contributed by atoms with Crippen molar-refractivity contribution in [1.82, 2.24) is 0 Å². The first-order chi connectivity index (χ1) is 10.0. The second-order valence-corrected chi connectivity index (χ2v) is 4.65. The van der Waals surface area contributed by atoms with Crippen LogP contribution in [-0.2, 0) is 9.59 Å². The summed E-state index contributed by atoms with van der Waals surface area (Å²) in [4.78, 5) is 21.7. The minimum atomic E-state index is -1.19. The third kappa shape index (κ3) is 6.54. The van der Waals surface area contributed by atoms with Crippen LogP contribution in [0.15, 0.2) is 48.6 Å². The van der Waals surface area contributed by atoms with Crippen molar-refractivity contribution >= 4 is 18.0 Å². The van der Waals surface area contributed by atoms with Crippen molar-refractivity contribution < 1.29 is 19.8 Å². The van der Waals surface area contributed by atoms with E-state index in [0.717, 1.165) is 5.56 Å². The number of carboxylic acids is 2. The average Bonchev–Trinajstić information content (AvgIpc) is 2.46. The molecule has 0 amide bonds. The summed E-state index contributed by atoms with van der Waals surface area (Å²) in [5.41, 5.74) is 6.41. The highest BCUT2D eigenvalue weighted by atomic mass is 16.4. The lowest BCUT2D eigenvalue weighted by Gasteiger charge is -2.12. The van der Waals surface area contributed by atoms with Gasteiger partial charge in [-0.15, -0.1) is 0 Å². The molecule has 112 valence electrons. The van der Waals surface area contributed by atoms with Crippen molar-refractivity contribution in [1.29, 1.82) is 0 Å². The zero-order chi connectivity index (χ0) is 15.7. The highest BCUT2D eigenvalue weighted by molar-refractivity contribution is 5.75. The molecule has 5 heteroatoms. The molecule has 0 spiro atoms. The number of allylic oxidation sites excluding steroid dienone is 3. The van der Waals surface area contributed by atoms with Gasteiger partial charge in [0.2, 0.25) is 0 Å². The molecule has 5 nitrogen and oxygen atoms in total. The summed E-state index contributed by atoms with van der Waals surface area (Å²) in [7, 11) is 0. The molecule has 1 aromatic carbocycles. The largest absolute Gasteiger partial charge is 0.481 e.